The van der Waals surface area contributed by atoms with E-state index >= 15 is 0 Å². The number of carbonyl (C=O) groups is 5. The van der Waals surface area contributed by atoms with Crippen LogP contribution in [0.2, 0.25) is 0 Å². The van der Waals surface area contributed by atoms with Gasteiger partial charge in [0.1, 0.15) is 31.8 Å². The van der Waals surface area contributed by atoms with Gasteiger partial charge in [0.2, 0.25) is 0 Å². The number of hydrogen-bond donors (Lipinski definition) is 1. The molecule has 0 aliphatic heterocycles. The summed E-state index contributed by atoms with van der Waals surface area (Å²) in [5.74, 6) is -5.62. The highest BCUT2D eigenvalue weighted by atomic mass is 16.6. The molecule has 0 saturated heterocycles. The van der Waals surface area contributed by atoms with Crippen molar-refractivity contribution in [3.8, 4) is 0 Å². The van der Waals surface area contributed by atoms with Crippen LogP contribution >= 0.6 is 0 Å². The first-order valence-corrected chi connectivity index (χ1v) is 10.3. The van der Waals surface area contributed by atoms with E-state index in [4.69, 9.17) is 18.9 Å². The predicted molar refractivity (Wildman–Crippen MR) is 110 cm³/mol. The highest BCUT2D eigenvalue weighted by Crippen LogP contribution is 2.32. The third kappa shape index (κ3) is 8.52. The van der Waals surface area contributed by atoms with Gasteiger partial charge >= 0.3 is 29.8 Å². The lowest BCUT2D eigenvalue weighted by atomic mass is 9.79. The number of esters is 4. The molecule has 178 valence electrons. The van der Waals surface area contributed by atoms with Gasteiger partial charge in [-0.05, 0) is 12.8 Å². The standard InChI is InChI=1S/C22H30O10/c1-4-17(23)29-11-22(12-30-18(24)5-2,13-31-19(25)6-3)14-32-21(28)16-10-8-7-9-15(16)20(26)27/h4-5,15-16H,1-2,6-14H2,3H3,(H,26,27). The predicted octanol–water partition coefficient (Wildman–Crippen LogP) is 1.82. The SMILES string of the molecule is C=CC(=O)OCC(COC(=O)C=C)(COC(=O)CC)COC(=O)C1CCCCC1C(=O)O. The molecule has 32 heavy (non-hydrogen) atoms. The second kappa shape index (κ2) is 13.3. The van der Waals surface area contributed by atoms with E-state index in [1.807, 2.05) is 0 Å². The van der Waals surface area contributed by atoms with Gasteiger partial charge in [0, 0.05) is 18.6 Å². The van der Waals surface area contributed by atoms with Gasteiger partial charge < -0.3 is 24.1 Å². The molecule has 0 aromatic rings. The van der Waals surface area contributed by atoms with Gasteiger partial charge in [0.15, 0.2) is 0 Å². The van der Waals surface area contributed by atoms with Crippen molar-refractivity contribution in [1.29, 1.82) is 0 Å². The van der Waals surface area contributed by atoms with E-state index < -0.39 is 66.9 Å². The van der Waals surface area contributed by atoms with Crippen molar-refractivity contribution in [2.75, 3.05) is 26.4 Å². The lowest BCUT2D eigenvalue weighted by Gasteiger charge is -2.33. The Hall–Kier alpha value is -3.17. The van der Waals surface area contributed by atoms with Crippen LogP contribution in [0, 0.1) is 17.3 Å². The fourth-order valence-corrected chi connectivity index (χ4v) is 3.19. The molecule has 0 bridgehead atoms. The van der Waals surface area contributed by atoms with Gasteiger partial charge in [-0.3, -0.25) is 14.4 Å². The molecule has 10 nitrogen and oxygen atoms in total. The first kappa shape index (κ1) is 26.9. The molecule has 1 aliphatic carbocycles. The summed E-state index contributed by atoms with van der Waals surface area (Å²) in [6.07, 6.45) is 4.03. The quantitative estimate of drug-likeness (QED) is 0.249. The van der Waals surface area contributed by atoms with Crippen LogP contribution in [0.15, 0.2) is 25.3 Å². The minimum Gasteiger partial charge on any atom is -0.481 e. The first-order chi connectivity index (χ1) is 15.2. The molecule has 1 aliphatic rings. The zero-order chi connectivity index (χ0) is 24.1. The highest BCUT2D eigenvalue weighted by molar-refractivity contribution is 5.82. The van der Waals surface area contributed by atoms with Crippen LogP contribution in [-0.4, -0.2) is 61.4 Å². The zero-order valence-electron chi connectivity index (χ0n) is 18.2. The maximum Gasteiger partial charge on any atom is 0.330 e. The van der Waals surface area contributed by atoms with E-state index in [1.165, 1.54) is 0 Å². The molecule has 2 atom stereocenters. The molecule has 10 heteroatoms. The molecular formula is C22H30O10. The van der Waals surface area contributed by atoms with Gasteiger partial charge in [-0.2, -0.15) is 0 Å². The summed E-state index contributed by atoms with van der Waals surface area (Å²) in [6.45, 7) is 6.51. The van der Waals surface area contributed by atoms with Crippen molar-refractivity contribution in [3.05, 3.63) is 25.3 Å². The zero-order valence-corrected chi connectivity index (χ0v) is 18.2. The molecule has 2 unspecified atom stereocenters. The molecule has 0 aromatic heterocycles. The van der Waals surface area contributed by atoms with Crippen LogP contribution in [0.5, 0.6) is 0 Å². The summed E-state index contributed by atoms with van der Waals surface area (Å²) in [4.78, 5) is 59.1. The van der Waals surface area contributed by atoms with Crippen LogP contribution < -0.4 is 0 Å². The normalized spacial score (nSPS) is 18.0. The number of hydrogen-bond acceptors (Lipinski definition) is 9. The average molecular weight is 454 g/mol. The minimum atomic E-state index is -1.41. The highest BCUT2D eigenvalue weighted by Gasteiger charge is 2.41. The Balaban J connectivity index is 3.05. The smallest absolute Gasteiger partial charge is 0.330 e. The summed E-state index contributed by atoms with van der Waals surface area (Å²) >= 11 is 0. The van der Waals surface area contributed by atoms with E-state index in [-0.39, 0.29) is 13.0 Å². The average Bonchev–Trinajstić information content (AvgIpc) is 2.81. The second-order valence-electron chi connectivity index (χ2n) is 7.58. The monoisotopic (exact) mass is 454 g/mol. The largest absolute Gasteiger partial charge is 0.481 e. The van der Waals surface area contributed by atoms with E-state index in [0.717, 1.165) is 12.2 Å². The molecule has 0 aromatic carbocycles. The van der Waals surface area contributed by atoms with E-state index in [0.29, 0.717) is 25.7 Å². The van der Waals surface area contributed by atoms with Crippen LogP contribution in [0.1, 0.15) is 39.0 Å². The lowest BCUT2D eigenvalue weighted by molar-refractivity contribution is -0.173. The molecular weight excluding hydrogens is 424 g/mol. The van der Waals surface area contributed by atoms with Crippen LogP contribution in [0.3, 0.4) is 0 Å². The van der Waals surface area contributed by atoms with Gasteiger partial charge in [-0.15, -0.1) is 0 Å². The topological polar surface area (TPSA) is 142 Å². The molecule has 1 saturated carbocycles. The van der Waals surface area contributed by atoms with Crippen molar-refractivity contribution < 1.29 is 48.0 Å². The summed E-state index contributed by atoms with van der Waals surface area (Å²) in [6, 6.07) is 0. The van der Waals surface area contributed by atoms with E-state index in [9.17, 15) is 29.1 Å². The minimum absolute atomic E-state index is 0.0666. The Morgan fingerprint density at radius 1 is 0.844 bits per heavy atom. The van der Waals surface area contributed by atoms with Crippen LogP contribution in [-0.2, 0) is 42.9 Å². The molecule has 0 radical (unpaired) electrons. The Labute approximate surface area is 186 Å². The molecule has 0 heterocycles. The number of carboxylic acids is 1. The van der Waals surface area contributed by atoms with Gasteiger partial charge in [0.25, 0.3) is 0 Å². The van der Waals surface area contributed by atoms with Crippen molar-refractivity contribution >= 4 is 29.8 Å². The summed E-state index contributed by atoms with van der Waals surface area (Å²) < 4.78 is 20.7. The Bertz CT molecular complexity index is 702. The summed E-state index contributed by atoms with van der Waals surface area (Å²) in [5.41, 5.74) is -1.41. The van der Waals surface area contributed by atoms with Gasteiger partial charge in [-0.25, -0.2) is 9.59 Å². The lowest BCUT2D eigenvalue weighted by Crippen LogP contribution is -2.45. The molecule has 1 fully saturated rings. The molecule has 0 spiro atoms. The molecule has 0 amide bonds. The van der Waals surface area contributed by atoms with Crippen LogP contribution in [0.4, 0.5) is 0 Å². The number of rotatable bonds is 13. The maximum atomic E-state index is 12.7. The Morgan fingerprint density at radius 2 is 1.31 bits per heavy atom. The first-order valence-electron chi connectivity index (χ1n) is 10.3. The van der Waals surface area contributed by atoms with Crippen molar-refractivity contribution in [2.45, 2.75) is 39.0 Å². The van der Waals surface area contributed by atoms with Crippen molar-refractivity contribution in [2.24, 2.45) is 17.3 Å². The van der Waals surface area contributed by atoms with Gasteiger partial charge in [-0.1, -0.05) is 32.9 Å². The van der Waals surface area contributed by atoms with Crippen molar-refractivity contribution in [1.82, 2.24) is 0 Å². The summed E-state index contributed by atoms with van der Waals surface area (Å²) in [5, 5.41) is 9.40. The number of carbonyl (C=O) groups excluding carboxylic acids is 4. The maximum absolute atomic E-state index is 12.7. The second-order valence-corrected chi connectivity index (χ2v) is 7.58. The van der Waals surface area contributed by atoms with Crippen LogP contribution in [0.25, 0.3) is 0 Å². The molecule has 1 rings (SSSR count). The number of aliphatic carboxylic acids is 1. The Kier molecular flexibility index (Phi) is 11.2. The number of carboxylic acid groups (broad SMARTS) is 1. The summed E-state index contributed by atoms with van der Waals surface area (Å²) in [7, 11) is 0. The van der Waals surface area contributed by atoms with E-state index in [2.05, 4.69) is 13.2 Å². The third-order valence-corrected chi connectivity index (χ3v) is 5.11. The van der Waals surface area contributed by atoms with Gasteiger partial charge in [0.05, 0.1) is 11.8 Å². The van der Waals surface area contributed by atoms with Crippen molar-refractivity contribution in [3.63, 3.8) is 0 Å². The fraction of sp³-hybridized carbons (Fsp3) is 0.591. The number of ether oxygens (including phenoxy) is 4. The third-order valence-electron chi connectivity index (χ3n) is 5.11. The molecule has 1 N–H and O–H groups in total. The Morgan fingerprint density at radius 3 is 1.78 bits per heavy atom. The van der Waals surface area contributed by atoms with E-state index in [1.54, 1.807) is 6.92 Å². The fourth-order valence-electron chi connectivity index (χ4n) is 3.19.